The second-order valence-electron chi connectivity index (χ2n) is 7.76. The van der Waals surface area contributed by atoms with Gasteiger partial charge in [0.15, 0.2) is 5.96 Å². The molecule has 1 saturated carbocycles. The number of nitrogens with one attached hydrogen (secondary N) is 1. The summed E-state index contributed by atoms with van der Waals surface area (Å²) in [5.74, 6) is 2.37. The van der Waals surface area contributed by atoms with Gasteiger partial charge in [0.2, 0.25) is 0 Å². The molecule has 0 bridgehead atoms. The fraction of sp³-hybridized carbons (Fsp3) is 0.947. The highest BCUT2D eigenvalue weighted by Gasteiger charge is 2.38. The summed E-state index contributed by atoms with van der Waals surface area (Å²) in [6, 6.07) is 0. The van der Waals surface area contributed by atoms with Crippen LogP contribution in [0, 0.1) is 0 Å². The molecule has 2 saturated heterocycles. The molecule has 0 aromatic rings. The maximum Gasteiger partial charge on any atom is 0.193 e. The summed E-state index contributed by atoms with van der Waals surface area (Å²) in [7, 11) is 1.94. The van der Waals surface area contributed by atoms with Crippen LogP contribution in [0.1, 0.15) is 39.0 Å². The molecular formula is C19H37N5S. The van der Waals surface area contributed by atoms with E-state index in [1.807, 2.05) is 7.05 Å². The van der Waals surface area contributed by atoms with Gasteiger partial charge in [-0.2, -0.15) is 11.8 Å². The Morgan fingerprint density at radius 2 is 1.76 bits per heavy atom. The van der Waals surface area contributed by atoms with Gasteiger partial charge in [0, 0.05) is 69.9 Å². The Morgan fingerprint density at radius 1 is 1.04 bits per heavy atom. The van der Waals surface area contributed by atoms with Crippen molar-refractivity contribution in [2.75, 3.05) is 71.7 Å². The zero-order chi connectivity index (χ0) is 17.5. The molecule has 0 aromatic carbocycles. The predicted molar refractivity (Wildman–Crippen MR) is 110 cm³/mol. The topological polar surface area (TPSA) is 34.1 Å². The van der Waals surface area contributed by atoms with Crippen molar-refractivity contribution in [3.05, 3.63) is 0 Å². The summed E-state index contributed by atoms with van der Waals surface area (Å²) in [6.45, 7) is 12.8. The first kappa shape index (κ1) is 19.3. The van der Waals surface area contributed by atoms with E-state index in [2.05, 4.69) is 43.7 Å². The van der Waals surface area contributed by atoms with Crippen LogP contribution in [0.5, 0.6) is 0 Å². The monoisotopic (exact) mass is 367 g/mol. The molecule has 1 spiro atoms. The van der Waals surface area contributed by atoms with E-state index >= 15 is 0 Å². The van der Waals surface area contributed by atoms with Crippen LogP contribution in [-0.4, -0.2) is 97.1 Å². The van der Waals surface area contributed by atoms with E-state index in [1.54, 1.807) is 0 Å². The summed E-state index contributed by atoms with van der Waals surface area (Å²) < 4.78 is 0.505. The number of likely N-dealkylation sites (N-methyl/N-ethyl adjacent to an activating group) is 1. The highest BCUT2D eigenvalue weighted by atomic mass is 32.2. The third kappa shape index (κ3) is 5.27. The van der Waals surface area contributed by atoms with Crippen LogP contribution >= 0.6 is 11.8 Å². The van der Waals surface area contributed by atoms with Crippen molar-refractivity contribution < 1.29 is 0 Å². The van der Waals surface area contributed by atoms with Crippen LogP contribution in [0.3, 0.4) is 0 Å². The molecular weight excluding hydrogens is 330 g/mol. The van der Waals surface area contributed by atoms with Crippen molar-refractivity contribution in [1.82, 2.24) is 20.0 Å². The first-order chi connectivity index (χ1) is 12.2. The minimum atomic E-state index is 0.505. The Hall–Kier alpha value is -0.460. The van der Waals surface area contributed by atoms with Crippen molar-refractivity contribution in [2.24, 2.45) is 4.99 Å². The predicted octanol–water partition coefficient (Wildman–Crippen LogP) is 1.95. The van der Waals surface area contributed by atoms with Crippen LogP contribution in [0.15, 0.2) is 4.99 Å². The van der Waals surface area contributed by atoms with E-state index in [4.69, 9.17) is 0 Å². The number of thioether (sulfide) groups is 1. The number of rotatable bonds is 4. The van der Waals surface area contributed by atoms with Crippen LogP contribution in [0.4, 0.5) is 0 Å². The molecule has 2 heterocycles. The molecule has 1 N–H and O–H groups in total. The van der Waals surface area contributed by atoms with Crippen LogP contribution in [0.25, 0.3) is 0 Å². The third-order valence-electron chi connectivity index (χ3n) is 6.15. The van der Waals surface area contributed by atoms with Gasteiger partial charge < -0.3 is 15.1 Å². The van der Waals surface area contributed by atoms with Gasteiger partial charge in [0.05, 0.1) is 0 Å². The highest BCUT2D eigenvalue weighted by Crippen LogP contribution is 2.42. The summed E-state index contributed by atoms with van der Waals surface area (Å²) in [4.78, 5) is 12.2. The van der Waals surface area contributed by atoms with Gasteiger partial charge in [-0.15, -0.1) is 0 Å². The standard InChI is InChI=1S/C19H37N5S/c1-3-22-11-13-23(14-12-22)10-9-21-18(20-2)24-15-16-25-19(17-24)7-5-4-6-8-19/h3-17H2,1-2H3,(H,20,21). The Balaban J connectivity index is 1.43. The first-order valence-electron chi connectivity index (χ1n) is 10.3. The van der Waals surface area contributed by atoms with Gasteiger partial charge in [0.25, 0.3) is 0 Å². The Labute approximate surface area is 158 Å². The Bertz CT molecular complexity index is 422. The molecule has 3 fully saturated rings. The molecule has 0 aromatic heterocycles. The quantitative estimate of drug-likeness (QED) is 0.607. The average Bonchev–Trinajstić information content (AvgIpc) is 2.66. The second-order valence-corrected chi connectivity index (χ2v) is 9.33. The molecule has 3 aliphatic rings. The fourth-order valence-electron chi connectivity index (χ4n) is 4.51. The molecule has 2 aliphatic heterocycles. The fourth-order valence-corrected chi connectivity index (χ4v) is 6.08. The maximum absolute atomic E-state index is 4.59. The minimum Gasteiger partial charge on any atom is -0.355 e. The lowest BCUT2D eigenvalue weighted by atomic mass is 9.87. The molecule has 0 unspecified atom stereocenters. The van der Waals surface area contributed by atoms with Gasteiger partial charge in [-0.1, -0.05) is 26.2 Å². The summed E-state index contributed by atoms with van der Waals surface area (Å²) >= 11 is 2.23. The largest absolute Gasteiger partial charge is 0.355 e. The number of hydrogen-bond acceptors (Lipinski definition) is 4. The molecule has 144 valence electrons. The van der Waals surface area contributed by atoms with Gasteiger partial charge in [-0.25, -0.2) is 0 Å². The van der Waals surface area contributed by atoms with E-state index in [-0.39, 0.29) is 0 Å². The van der Waals surface area contributed by atoms with Crippen LogP contribution < -0.4 is 5.32 Å². The molecule has 5 nitrogen and oxygen atoms in total. The smallest absolute Gasteiger partial charge is 0.193 e. The number of guanidine groups is 1. The van der Waals surface area contributed by atoms with E-state index in [0.29, 0.717) is 4.75 Å². The zero-order valence-corrected chi connectivity index (χ0v) is 17.1. The van der Waals surface area contributed by atoms with Gasteiger partial charge in [-0.3, -0.25) is 9.89 Å². The number of hydrogen-bond donors (Lipinski definition) is 1. The van der Waals surface area contributed by atoms with Crippen LogP contribution in [0.2, 0.25) is 0 Å². The summed E-state index contributed by atoms with van der Waals surface area (Å²) in [5, 5.41) is 3.65. The van der Waals surface area contributed by atoms with Gasteiger partial charge >= 0.3 is 0 Å². The lowest BCUT2D eigenvalue weighted by Gasteiger charge is -2.45. The zero-order valence-electron chi connectivity index (χ0n) is 16.3. The molecule has 1 aliphatic carbocycles. The molecule has 0 amide bonds. The lowest BCUT2D eigenvalue weighted by Crippen LogP contribution is -2.54. The molecule has 3 rings (SSSR count). The minimum absolute atomic E-state index is 0.505. The number of aliphatic imine (C=N–C) groups is 1. The normalized spacial score (nSPS) is 26.2. The maximum atomic E-state index is 4.59. The average molecular weight is 368 g/mol. The lowest BCUT2D eigenvalue weighted by molar-refractivity contribution is 0.139. The van der Waals surface area contributed by atoms with Crippen molar-refractivity contribution in [1.29, 1.82) is 0 Å². The van der Waals surface area contributed by atoms with Gasteiger partial charge in [-0.05, 0) is 19.4 Å². The molecule has 6 heteroatoms. The van der Waals surface area contributed by atoms with Crippen molar-refractivity contribution in [3.8, 4) is 0 Å². The molecule has 0 atom stereocenters. The Kier molecular flexibility index (Phi) is 7.31. The van der Waals surface area contributed by atoms with E-state index in [0.717, 1.165) is 25.6 Å². The van der Waals surface area contributed by atoms with E-state index < -0.39 is 0 Å². The Morgan fingerprint density at radius 3 is 2.44 bits per heavy atom. The first-order valence-corrected chi connectivity index (χ1v) is 11.3. The van der Waals surface area contributed by atoms with Crippen molar-refractivity contribution in [3.63, 3.8) is 0 Å². The van der Waals surface area contributed by atoms with Crippen LogP contribution in [-0.2, 0) is 0 Å². The van der Waals surface area contributed by atoms with Crippen molar-refractivity contribution in [2.45, 2.75) is 43.8 Å². The summed E-state index contributed by atoms with van der Waals surface area (Å²) in [5.41, 5.74) is 0. The van der Waals surface area contributed by atoms with E-state index in [9.17, 15) is 0 Å². The number of piperazine rings is 1. The SMILES string of the molecule is CCN1CCN(CCNC(=NC)N2CCSC3(CCCCC3)C2)CC1. The third-order valence-corrected chi connectivity index (χ3v) is 7.68. The van der Waals surface area contributed by atoms with E-state index in [1.165, 1.54) is 77.1 Å². The second kappa shape index (κ2) is 9.47. The van der Waals surface area contributed by atoms with Crippen molar-refractivity contribution >= 4 is 17.7 Å². The molecule has 0 radical (unpaired) electrons. The molecule has 25 heavy (non-hydrogen) atoms. The van der Waals surface area contributed by atoms with Gasteiger partial charge in [0.1, 0.15) is 0 Å². The summed E-state index contributed by atoms with van der Waals surface area (Å²) in [6.07, 6.45) is 7.05. The number of nitrogens with zero attached hydrogens (tertiary/aromatic N) is 4. The highest BCUT2D eigenvalue weighted by molar-refractivity contribution is 8.00.